The highest BCUT2D eigenvalue weighted by Crippen LogP contribution is 2.27. The van der Waals surface area contributed by atoms with Gasteiger partial charge in [0.2, 0.25) is 0 Å². The molecule has 0 unspecified atom stereocenters. The maximum atomic E-state index is 12.7. The number of halogens is 1. The van der Waals surface area contributed by atoms with Crippen LogP contribution in [-0.4, -0.2) is 26.4 Å². The van der Waals surface area contributed by atoms with Gasteiger partial charge in [-0.1, -0.05) is 34.1 Å². The number of thiazole rings is 1. The first-order chi connectivity index (χ1) is 15.8. The van der Waals surface area contributed by atoms with Crippen LogP contribution in [0.1, 0.15) is 10.4 Å². The molecule has 0 spiro atoms. The normalized spacial score (nSPS) is 11.1. The molecule has 1 amide bonds. The molecule has 0 bridgehead atoms. The first kappa shape index (κ1) is 23.0. The maximum absolute atomic E-state index is 12.7. The number of hydrogen-bond acceptors (Lipinski definition) is 6. The number of amides is 1. The van der Waals surface area contributed by atoms with E-state index in [2.05, 4.69) is 31.0 Å². The van der Waals surface area contributed by atoms with Gasteiger partial charge in [-0.15, -0.1) is 11.3 Å². The number of benzene rings is 3. The van der Waals surface area contributed by atoms with E-state index < -0.39 is 15.9 Å². The van der Waals surface area contributed by atoms with Crippen LogP contribution >= 0.6 is 27.3 Å². The first-order valence-electron chi connectivity index (χ1n) is 9.64. The lowest BCUT2D eigenvalue weighted by atomic mass is 10.2. The second-order valence-corrected chi connectivity index (χ2v) is 10.3. The Balaban J connectivity index is 1.47. The molecule has 1 heterocycles. The summed E-state index contributed by atoms with van der Waals surface area (Å²) in [5.74, 6) is 0.162. The van der Waals surface area contributed by atoms with Gasteiger partial charge in [-0.2, -0.15) is 0 Å². The average Bonchev–Trinajstić information content (AvgIpc) is 3.28. The van der Waals surface area contributed by atoms with Crippen molar-refractivity contribution in [2.24, 2.45) is 0 Å². The lowest BCUT2D eigenvalue weighted by Crippen LogP contribution is -2.15. The molecule has 0 atom stereocenters. The molecule has 168 valence electrons. The Morgan fingerprint density at radius 3 is 2.45 bits per heavy atom. The molecule has 4 aromatic rings. The zero-order valence-corrected chi connectivity index (χ0v) is 20.5. The molecule has 0 saturated carbocycles. The highest BCUT2D eigenvalue weighted by atomic mass is 79.9. The van der Waals surface area contributed by atoms with Gasteiger partial charge in [-0.25, -0.2) is 13.4 Å². The van der Waals surface area contributed by atoms with Crippen molar-refractivity contribution in [3.63, 3.8) is 0 Å². The molecule has 0 aliphatic carbocycles. The number of carbonyl (C=O) groups is 1. The van der Waals surface area contributed by atoms with E-state index in [1.54, 1.807) is 30.3 Å². The quantitative estimate of drug-likeness (QED) is 0.314. The van der Waals surface area contributed by atoms with E-state index in [0.29, 0.717) is 16.4 Å². The van der Waals surface area contributed by atoms with E-state index in [-0.39, 0.29) is 10.6 Å². The topological polar surface area (TPSA) is 97.4 Å². The molecule has 0 saturated heterocycles. The number of nitrogens with one attached hydrogen (secondary N) is 2. The van der Waals surface area contributed by atoms with Gasteiger partial charge >= 0.3 is 0 Å². The van der Waals surface area contributed by atoms with E-state index in [1.807, 2.05) is 29.6 Å². The van der Waals surface area contributed by atoms with Gasteiger partial charge < -0.3 is 4.74 Å². The van der Waals surface area contributed by atoms with Crippen LogP contribution in [0.2, 0.25) is 0 Å². The third kappa shape index (κ3) is 5.59. The largest absolute Gasteiger partial charge is 0.497 e. The Hall–Kier alpha value is -3.21. The van der Waals surface area contributed by atoms with Crippen molar-refractivity contribution in [2.75, 3.05) is 17.1 Å². The summed E-state index contributed by atoms with van der Waals surface area (Å²) in [6, 6.07) is 20.0. The van der Waals surface area contributed by atoms with Crippen molar-refractivity contribution in [2.45, 2.75) is 4.90 Å². The Kier molecular flexibility index (Phi) is 6.77. The predicted octanol–water partition coefficient (Wildman–Crippen LogP) is 5.63. The van der Waals surface area contributed by atoms with Crippen LogP contribution in [0.4, 0.5) is 10.8 Å². The lowest BCUT2D eigenvalue weighted by molar-refractivity contribution is 0.102. The van der Waals surface area contributed by atoms with Gasteiger partial charge in [0, 0.05) is 26.7 Å². The number of sulfonamides is 1. The standard InChI is InChI=1S/C23H18BrN3O4S2/c1-31-19-9-11-20(12-10-19)33(29,30)27-18-4-2-3-16(13-18)22(28)26-23-25-21(14-32-23)15-5-7-17(24)8-6-15/h2-14,27H,1H3,(H,25,26,28). The molecule has 10 heteroatoms. The summed E-state index contributed by atoms with van der Waals surface area (Å²) in [7, 11) is -2.32. The van der Waals surface area contributed by atoms with Crippen LogP contribution < -0.4 is 14.8 Å². The van der Waals surface area contributed by atoms with Crippen LogP contribution in [0.25, 0.3) is 11.3 Å². The van der Waals surface area contributed by atoms with Crippen LogP contribution in [0.3, 0.4) is 0 Å². The number of hydrogen-bond donors (Lipinski definition) is 2. The summed E-state index contributed by atoms with van der Waals surface area (Å²) < 4.78 is 33.9. The van der Waals surface area contributed by atoms with Crippen molar-refractivity contribution < 1.29 is 17.9 Å². The minimum Gasteiger partial charge on any atom is -0.497 e. The fraction of sp³-hybridized carbons (Fsp3) is 0.0435. The fourth-order valence-electron chi connectivity index (χ4n) is 2.95. The second-order valence-electron chi connectivity index (χ2n) is 6.86. The number of nitrogens with zero attached hydrogens (tertiary/aromatic N) is 1. The number of aromatic nitrogens is 1. The highest BCUT2D eigenvalue weighted by molar-refractivity contribution is 9.10. The monoisotopic (exact) mass is 543 g/mol. The van der Waals surface area contributed by atoms with Gasteiger partial charge in [-0.05, 0) is 54.6 Å². The maximum Gasteiger partial charge on any atom is 0.261 e. The first-order valence-corrected chi connectivity index (χ1v) is 12.8. The summed E-state index contributed by atoms with van der Waals surface area (Å²) in [6.45, 7) is 0. The number of methoxy groups -OCH3 is 1. The molecule has 2 N–H and O–H groups in total. The summed E-state index contributed by atoms with van der Waals surface area (Å²) in [6.07, 6.45) is 0. The highest BCUT2D eigenvalue weighted by Gasteiger charge is 2.16. The summed E-state index contributed by atoms with van der Waals surface area (Å²) >= 11 is 4.71. The van der Waals surface area contributed by atoms with E-state index in [4.69, 9.17) is 4.74 Å². The van der Waals surface area contributed by atoms with Gasteiger partial charge in [0.15, 0.2) is 5.13 Å². The molecule has 0 radical (unpaired) electrons. The minimum atomic E-state index is -3.82. The fourth-order valence-corrected chi connectivity index (χ4v) is 4.98. The van der Waals surface area contributed by atoms with Gasteiger partial charge in [-0.3, -0.25) is 14.8 Å². The van der Waals surface area contributed by atoms with E-state index in [9.17, 15) is 13.2 Å². The van der Waals surface area contributed by atoms with E-state index in [1.165, 1.54) is 36.6 Å². The third-order valence-electron chi connectivity index (χ3n) is 4.61. The van der Waals surface area contributed by atoms with Gasteiger partial charge in [0.25, 0.3) is 15.9 Å². The lowest BCUT2D eigenvalue weighted by Gasteiger charge is -2.10. The Morgan fingerprint density at radius 1 is 1.03 bits per heavy atom. The molecule has 0 aliphatic heterocycles. The number of anilines is 2. The Bertz CT molecular complexity index is 1390. The van der Waals surface area contributed by atoms with Crippen LogP contribution in [0.5, 0.6) is 5.75 Å². The van der Waals surface area contributed by atoms with Crippen LogP contribution in [-0.2, 0) is 10.0 Å². The van der Waals surface area contributed by atoms with Crippen LogP contribution in [0, 0.1) is 0 Å². The number of ether oxygens (including phenoxy) is 1. The van der Waals surface area contributed by atoms with E-state index >= 15 is 0 Å². The Morgan fingerprint density at radius 2 is 1.76 bits per heavy atom. The zero-order valence-electron chi connectivity index (χ0n) is 17.3. The molecule has 4 rings (SSSR count). The van der Waals surface area contributed by atoms with E-state index in [0.717, 1.165) is 15.7 Å². The zero-order chi connectivity index (χ0) is 23.4. The molecular formula is C23H18BrN3O4S2. The Labute approximate surface area is 203 Å². The van der Waals surface area contributed by atoms with Crippen molar-refractivity contribution in [1.29, 1.82) is 0 Å². The van der Waals surface area contributed by atoms with Crippen molar-refractivity contribution in [3.8, 4) is 17.0 Å². The summed E-state index contributed by atoms with van der Waals surface area (Å²) in [4.78, 5) is 17.3. The minimum absolute atomic E-state index is 0.0846. The molecule has 0 fully saturated rings. The average molecular weight is 544 g/mol. The molecule has 7 nitrogen and oxygen atoms in total. The van der Waals surface area contributed by atoms with Crippen LogP contribution in [0.15, 0.2) is 87.5 Å². The smallest absolute Gasteiger partial charge is 0.261 e. The number of rotatable bonds is 7. The van der Waals surface area contributed by atoms with Crippen molar-refractivity contribution >= 4 is 54.0 Å². The van der Waals surface area contributed by atoms with Gasteiger partial charge in [0.05, 0.1) is 17.7 Å². The van der Waals surface area contributed by atoms with Crippen molar-refractivity contribution in [3.05, 3.63) is 88.2 Å². The second kappa shape index (κ2) is 9.74. The third-order valence-corrected chi connectivity index (χ3v) is 7.29. The van der Waals surface area contributed by atoms with Crippen molar-refractivity contribution in [1.82, 2.24) is 4.98 Å². The molecule has 0 aliphatic rings. The number of carbonyl (C=O) groups excluding carboxylic acids is 1. The molecule has 3 aromatic carbocycles. The summed E-state index contributed by atoms with van der Waals surface area (Å²) in [5.41, 5.74) is 2.26. The molecule has 33 heavy (non-hydrogen) atoms. The SMILES string of the molecule is COc1ccc(S(=O)(=O)Nc2cccc(C(=O)Nc3nc(-c4ccc(Br)cc4)cs3)c2)cc1. The van der Waals surface area contributed by atoms with Gasteiger partial charge in [0.1, 0.15) is 5.75 Å². The predicted molar refractivity (Wildman–Crippen MR) is 133 cm³/mol. The molecule has 1 aromatic heterocycles. The molecular weight excluding hydrogens is 526 g/mol. The summed E-state index contributed by atoms with van der Waals surface area (Å²) in [5, 5.41) is 5.07.